The summed E-state index contributed by atoms with van der Waals surface area (Å²) in [5, 5.41) is 10.3. The predicted octanol–water partition coefficient (Wildman–Crippen LogP) is -3.71. The van der Waals surface area contributed by atoms with Crippen molar-refractivity contribution >= 4 is 16.0 Å². The highest BCUT2D eigenvalue weighted by molar-refractivity contribution is 7.89. The number of piperazine rings is 1. The number of carbonyl (C=O) groups excluding carboxylic acids is 1. The van der Waals surface area contributed by atoms with Crippen molar-refractivity contribution in [2.45, 2.75) is 6.92 Å². The molecule has 1 rings (SSSR count). The fourth-order valence-corrected chi connectivity index (χ4v) is 2.75. The second kappa shape index (κ2) is 4.91. The van der Waals surface area contributed by atoms with Gasteiger partial charge in [0.1, 0.15) is 6.54 Å². The van der Waals surface area contributed by atoms with Gasteiger partial charge in [-0.3, -0.25) is 0 Å². The van der Waals surface area contributed by atoms with Gasteiger partial charge in [-0.05, 0) is 6.92 Å². The van der Waals surface area contributed by atoms with Crippen LogP contribution in [0.3, 0.4) is 0 Å². The third-order valence-electron chi connectivity index (χ3n) is 2.58. The van der Waals surface area contributed by atoms with Crippen LogP contribution in [0.4, 0.5) is 0 Å². The van der Waals surface area contributed by atoms with Gasteiger partial charge in [-0.25, -0.2) is 8.42 Å². The molecule has 0 aromatic carbocycles. The zero-order valence-electron chi connectivity index (χ0n) is 8.73. The number of hydrogen-bond donors (Lipinski definition) is 1. The van der Waals surface area contributed by atoms with Crippen LogP contribution in [0.15, 0.2) is 0 Å². The van der Waals surface area contributed by atoms with E-state index in [0.717, 1.165) is 4.90 Å². The SMILES string of the molecule is CCS(=O)(=O)N1CC[NH+](CC(=O)[O-])CC1. The molecular formula is C8H16N2O4S. The average molecular weight is 236 g/mol. The monoisotopic (exact) mass is 236 g/mol. The highest BCUT2D eigenvalue weighted by atomic mass is 32.2. The summed E-state index contributed by atoms with van der Waals surface area (Å²) in [4.78, 5) is 11.2. The molecule has 1 aliphatic rings. The number of hydrogen-bond acceptors (Lipinski definition) is 4. The van der Waals surface area contributed by atoms with E-state index in [-0.39, 0.29) is 12.3 Å². The molecule has 1 saturated heterocycles. The van der Waals surface area contributed by atoms with E-state index in [0.29, 0.717) is 26.2 Å². The smallest absolute Gasteiger partial charge is 0.214 e. The lowest BCUT2D eigenvalue weighted by Crippen LogP contribution is -3.16. The quantitative estimate of drug-likeness (QED) is 0.544. The molecule has 1 heterocycles. The van der Waals surface area contributed by atoms with Crippen LogP contribution in [0.2, 0.25) is 0 Å². The maximum atomic E-state index is 11.5. The maximum Gasteiger partial charge on any atom is 0.214 e. The van der Waals surface area contributed by atoms with E-state index in [2.05, 4.69) is 0 Å². The minimum atomic E-state index is -3.12. The number of aliphatic carboxylic acids is 1. The molecule has 0 aromatic rings. The summed E-state index contributed by atoms with van der Waals surface area (Å²) < 4.78 is 24.4. The Morgan fingerprint density at radius 2 is 1.93 bits per heavy atom. The van der Waals surface area contributed by atoms with Crippen molar-refractivity contribution in [3.8, 4) is 0 Å². The molecule has 0 aliphatic carbocycles. The van der Waals surface area contributed by atoms with Crippen LogP contribution in [0, 0.1) is 0 Å². The first kappa shape index (κ1) is 12.4. The molecule has 0 atom stereocenters. The van der Waals surface area contributed by atoms with Gasteiger partial charge in [0.25, 0.3) is 0 Å². The maximum absolute atomic E-state index is 11.5. The zero-order valence-corrected chi connectivity index (χ0v) is 9.55. The predicted molar refractivity (Wildman–Crippen MR) is 51.6 cm³/mol. The van der Waals surface area contributed by atoms with Gasteiger partial charge in [-0.2, -0.15) is 4.31 Å². The first-order chi connectivity index (χ1) is 6.95. The molecule has 0 unspecified atom stereocenters. The number of nitrogens with zero attached hydrogens (tertiary/aromatic N) is 1. The Bertz CT molecular complexity index is 320. The molecule has 0 aromatic heterocycles. The number of nitrogens with one attached hydrogen (secondary N) is 1. The van der Waals surface area contributed by atoms with Gasteiger partial charge in [0.05, 0.1) is 37.9 Å². The fourth-order valence-electron chi connectivity index (χ4n) is 1.64. The Labute approximate surface area is 89.5 Å². The molecule has 15 heavy (non-hydrogen) atoms. The lowest BCUT2D eigenvalue weighted by molar-refractivity contribution is -0.898. The number of quaternary nitrogens is 1. The van der Waals surface area contributed by atoms with Gasteiger partial charge in [0.15, 0.2) is 0 Å². The summed E-state index contributed by atoms with van der Waals surface area (Å²) in [6.45, 7) is 3.44. The number of carboxylic acid groups (broad SMARTS) is 1. The van der Waals surface area contributed by atoms with Gasteiger partial charge in [0.2, 0.25) is 10.0 Å². The number of carbonyl (C=O) groups is 1. The number of rotatable bonds is 4. The number of sulfonamides is 1. The Morgan fingerprint density at radius 1 is 1.40 bits per heavy atom. The summed E-state index contributed by atoms with van der Waals surface area (Å²) in [6.07, 6.45) is 0. The van der Waals surface area contributed by atoms with E-state index in [4.69, 9.17) is 0 Å². The molecule has 7 heteroatoms. The van der Waals surface area contributed by atoms with E-state index < -0.39 is 16.0 Å². The van der Waals surface area contributed by atoms with Crippen molar-refractivity contribution in [1.29, 1.82) is 0 Å². The summed E-state index contributed by atoms with van der Waals surface area (Å²) in [5.41, 5.74) is 0. The topological polar surface area (TPSA) is 82.0 Å². The lowest BCUT2D eigenvalue weighted by atomic mass is 10.3. The molecular weight excluding hydrogens is 220 g/mol. The summed E-state index contributed by atoms with van der Waals surface area (Å²) in [7, 11) is -3.12. The Balaban J connectivity index is 2.46. The molecule has 0 bridgehead atoms. The van der Waals surface area contributed by atoms with Crippen molar-refractivity contribution in [2.75, 3.05) is 38.5 Å². The van der Waals surface area contributed by atoms with E-state index in [1.54, 1.807) is 6.92 Å². The van der Waals surface area contributed by atoms with Crippen LogP contribution in [0.1, 0.15) is 6.92 Å². The van der Waals surface area contributed by atoms with Crippen molar-refractivity contribution in [3.05, 3.63) is 0 Å². The minimum absolute atomic E-state index is 0.0417. The van der Waals surface area contributed by atoms with Crippen molar-refractivity contribution in [3.63, 3.8) is 0 Å². The van der Waals surface area contributed by atoms with Crippen molar-refractivity contribution in [2.24, 2.45) is 0 Å². The summed E-state index contributed by atoms with van der Waals surface area (Å²) >= 11 is 0. The van der Waals surface area contributed by atoms with Crippen LogP contribution < -0.4 is 10.0 Å². The lowest BCUT2D eigenvalue weighted by Gasteiger charge is -2.31. The molecule has 1 fully saturated rings. The van der Waals surface area contributed by atoms with Crippen LogP contribution in [-0.2, 0) is 14.8 Å². The Hall–Kier alpha value is -0.660. The van der Waals surface area contributed by atoms with E-state index in [9.17, 15) is 18.3 Å². The van der Waals surface area contributed by atoms with Crippen LogP contribution >= 0.6 is 0 Å². The zero-order chi connectivity index (χ0) is 11.5. The van der Waals surface area contributed by atoms with E-state index in [1.807, 2.05) is 0 Å². The fraction of sp³-hybridized carbons (Fsp3) is 0.875. The van der Waals surface area contributed by atoms with Crippen molar-refractivity contribution < 1.29 is 23.2 Å². The molecule has 0 radical (unpaired) electrons. The summed E-state index contributed by atoms with van der Waals surface area (Å²) in [5.74, 6) is -0.986. The van der Waals surface area contributed by atoms with E-state index in [1.165, 1.54) is 4.31 Å². The van der Waals surface area contributed by atoms with E-state index >= 15 is 0 Å². The normalized spacial score (nSPS) is 20.3. The first-order valence-electron chi connectivity index (χ1n) is 4.97. The van der Waals surface area contributed by atoms with Gasteiger partial charge >= 0.3 is 0 Å². The van der Waals surface area contributed by atoms with Gasteiger partial charge < -0.3 is 14.8 Å². The minimum Gasteiger partial charge on any atom is -0.544 e. The molecule has 1 aliphatic heterocycles. The number of carboxylic acids is 1. The molecule has 0 saturated carbocycles. The highest BCUT2D eigenvalue weighted by Gasteiger charge is 2.27. The van der Waals surface area contributed by atoms with Gasteiger partial charge in [0, 0.05) is 0 Å². The average Bonchev–Trinajstić information content (AvgIpc) is 2.18. The highest BCUT2D eigenvalue weighted by Crippen LogP contribution is 2.00. The molecule has 1 N–H and O–H groups in total. The van der Waals surface area contributed by atoms with Crippen LogP contribution in [-0.4, -0.2) is 57.2 Å². The Kier molecular flexibility index (Phi) is 4.06. The third-order valence-corrected chi connectivity index (χ3v) is 4.46. The molecule has 0 spiro atoms. The Morgan fingerprint density at radius 3 is 2.33 bits per heavy atom. The molecule has 0 amide bonds. The second-order valence-corrected chi connectivity index (χ2v) is 5.86. The van der Waals surface area contributed by atoms with Gasteiger partial charge in [-0.1, -0.05) is 0 Å². The standard InChI is InChI=1S/C8H16N2O4S/c1-2-15(13,14)10-5-3-9(4-6-10)7-8(11)12/h2-7H2,1H3,(H,11,12). The van der Waals surface area contributed by atoms with Crippen LogP contribution in [0.5, 0.6) is 0 Å². The summed E-state index contributed by atoms with van der Waals surface area (Å²) in [6, 6.07) is 0. The van der Waals surface area contributed by atoms with Crippen molar-refractivity contribution in [1.82, 2.24) is 4.31 Å². The first-order valence-corrected chi connectivity index (χ1v) is 6.58. The second-order valence-electron chi connectivity index (χ2n) is 3.60. The third kappa shape index (κ3) is 3.44. The molecule has 6 nitrogen and oxygen atoms in total. The van der Waals surface area contributed by atoms with Crippen LogP contribution in [0.25, 0.3) is 0 Å². The largest absolute Gasteiger partial charge is 0.544 e. The molecule has 88 valence electrons. The van der Waals surface area contributed by atoms with Gasteiger partial charge in [-0.15, -0.1) is 0 Å².